The van der Waals surface area contributed by atoms with Gasteiger partial charge in [-0.25, -0.2) is 0 Å². The largest absolute Gasteiger partial charge is 0.480 e. The Kier molecular flexibility index (Phi) is 4.65. The Morgan fingerprint density at radius 2 is 2.04 bits per heavy atom. The number of carboxylic acids is 1. The van der Waals surface area contributed by atoms with Crippen LogP contribution in [0.25, 0.3) is 0 Å². The molecule has 3 heterocycles. The molecule has 1 N–H and O–H groups in total. The van der Waals surface area contributed by atoms with E-state index in [9.17, 15) is 9.90 Å². The summed E-state index contributed by atoms with van der Waals surface area (Å²) in [6.07, 6.45) is 0.576. The van der Waals surface area contributed by atoms with Crippen molar-refractivity contribution in [3.63, 3.8) is 0 Å². The summed E-state index contributed by atoms with van der Waals surface area (Å²) in [6.45, 7) is 9.56. The summed E-state index contributed by atoms with van der Waals surface area (Å²) in [5.74, 6) is -0.759. The first-order valence-corrected chi connectivity index (χ1v) is 8.24. The number of aromatic nitrogens is 3. The maximum absolute atomic E-state index is 11.7. The predicted molar refractivity (Wildman–Crippen MR) is 83.1 cm³/mol. The highest BCUT2D eigenvalue weighted by atomic mass is 16.5. The number of hydrogen-bond acceptors (Lipinski definition) is 6. The molecule has 0 aromatic carbocycles. The molecular formula is C15H25N5O3. The van der Waals surface area contributed by atoms with Gasteiger partial charge in [0.2, 0.25) is 0 Å². The smallest absolute Gasteiger partial charge is 0.326 e. The summed E-state index contributed by atoms with van der Waals surface area (Å²) in [5, 5.41) is 18.5. The van der Waals surface area contributed by atoms with E-state index in [2.05, 4.69) is 20.0 Å². The molecule has 0 amide bonds. The van der Waals surface area contributed by atoms with E-state index in [0.29, 0.717) is 19.6 Å². The van der Waals surface area contributed by atoms with Crippen LogP contribution < -0.4 is 0 Å². The van der Waals surface area contributed by atoms with Gasteiger partial charge in [-0.2, -0.15) is 15.0 Å². The summed E-state index contributed by atoms with van der Waals surface area (Å²) >= 11 is 0. The van der Waals surface area contributed by atoms with Crippen LogP contribution >= 0.6 is 0 Å². The number of carboxylic acid groups (broad SMARTS) is 1. The van der Waals surface area contributed by atoms with Gasteiger partial charge >= 0.3 is 5.97 Å². The zero-order valence-electron chi connectivity index (χ0n) is 13.9. The number of rotatable bonds is 5. The molecule has 128 valence electrons. The maximum atomic E-state index is 11.7. The average Bonchev–Trinajstić information content (AvgIpc) is 3.16. The molecule has 1 aromatic heterocycles. The summed E-state index contributed by atoms with van der Waals surface area (Å²) in [5.41, 5.74) is 1.16. The van der Waals surface area contributed by atoms with Gasteiger partial charge < -0.3 is 9.84 Å². The molecule has 0 aliphatic carbocycles. The fourth-order valence-electron chi connectivity index (χ4n) is 3.41. The molecule has 8 heteroatoms. The molecule has 2 aliphatic rings. The molecule has 0 saturated carbocycles. The first kappa shape index (κ1) is 16.4. The standard InChI is InChI=1S/C15H25N5O3/c1-3-20-16-12(2)13(17-20)10-18-5-7-19(8-6-18)15(14(21)22)4-9-23-11-15/h3-11H2,1-2H3,(H,21,22). The van der Waals surface area contributed by atoms with E-state index >= 15 is 0 Å². The van der Waals surface area contributed by atoms with E-state index in [1.54, 1.807) is 4.80 Å². The van der Waals surface area contributed by atoms with Gasteiger partial charge in [0.05, 0.1) is 24.5 Å². The molecule has 8 nitrogen and oxygen atoms in total. The number of nitrogens with zero attached hydrogens (tertiary/aromatic N) is 5. The Labute approximate surface area is 136 Å². The molecule has 2 aliphatic heterocycles. The number of carbonyl (C=O) groups is 1. The summed E-state index contributed by atoms with van der Waals surface area (Å²) in [4.78, 5) is 17.8. The van der Waals surface area contributed by atoms with Crippen molar-refractivity contribution in [3.8, 4) is 0 Å². The lowest BCUT2D eigenvalue weighted by Crippen LogP contribution is -2.61. The van der Waals surface area contributed by atoms with Crippen LogP contribution in [0.3, 0.4) is 0 Å². The highest BCUT2D eigenvalue weighted by Crippen LogP contribution is 2.28. The first-order valence-electron chi connectivity index (χ1n) is 8.24. The van der Waals surface area contributed by atoms with Crippen molar-refractivity contribution in [1.29, 1.82) is 0 Å². The van der Waals surface area contributed by atoms with Gasteiger partial charge in [-0.15, -0.1) is 0 Å². The molecule has 2 fully saturated rings. The van der Waals surface area contributed by atoms with Crippen LogP contribution in [0.4, 0.5) is 0 Å². The highest BCUT2D eigenvalue weighted by molar-refractivity contribution is 5.79. The second-order valence-corrected chi connectivity index (χ2v) is 6.32. The summed E-state index contributed by atoms with van der Waals surface area (Å²) in [7, 11) is 0. The SMILES string of the molecule is CCn1nc(C)c(CN2CCN(C3(C(=O)O)CCOC3)CC2)n1. The molecule has 3 rings (SSSR count). The van der Waals surface area contributed by atoms with Crippen LogP contribution in [0.15, 0.2) is 0 Å². The van der Waals surface area contributed by atoms with E-state index in [1.807, 2.05) is 13.8 Å². The lowest BCUT2D eigenvalue weighted by molar-refractivity contribution is -0.153. The number of piperazine rings is 1. The average molecular weight is 323 g/mol. The minimum Gasteiger partial charge on any atom is -0.480 e. The van der Waals surface area contributed by atoms with E-state index in [4.69, 9.17) is 4.74 Å². The lowest BCUT2D eigenvalue weighted by atomic mass is 9.95. The number of aryl methyl sites for hydroxylation is 2. The Hall–Kier alpha value is -1.51. The second kappa shape index (κ2) is 6.54. The van der Waals surface area contributed by atoms with Crippen molar-refractivity contribution in [2.24, 2.45) is 0 Å². The fourth-order valence-corrected chi connectivity index (χ4v) is 3.41. The van der Waals surface area contributed by atoms with E-state index in [1.165, 1.54) is 0 Å². The topological polar surface area (TPSA) is 83.7 Å². The van der Waals surface area contributed by atoms with Gasteiger partial charge in [-0.05, 0) is 13.8 Å². The predicted octanol–water partition coefficient (Wildman–Crippen LogP) is -0.0323. The molecule has 1 aromatic rings. The van der Waals surface area contributed by atoms with Gasteiger partial charge in [-0.3, -0.25) is 14.6 Å². The summed E-state index contributed by atoms with van der Waals surface area (Å²) in [6, 6.07) is 0. The third-order valence-corrected chi connectivity index (χ3v) is 4.95. The van der Waals surface area contributed by atoms with Gasteiger partial charge in [0, 0.05) is 45.8 Å². The van der Waals surface area contributed by atoms with Crippen LogP contribution in [0.1, 0.15) is 24.7 Å². The van der Waals surface area contributed by atoms with E-state index in [0.717, 1.165) is 50.7 Å². The zero-order chi connectivity index (χ0) is 16.4. The Morgan fingerprint density at radius 1 is 1.30 bits per heavy atom. The minimum atomic E-state index is -0.826. The van der Waals surface area contributed by atoms with Crippen molar-refractivity contribution in [1.82, 2.24) is 24.8 Å². The van der Waals surface area contributed by atoms with Crippen molar-refractivity contribution in [2.75, 3.05) is 39.4 Å². The molecule has 0 spiro atoms. The number of aliphatic carboxylic acids is 1. The van der Waals surface area contributed by atoms with Crippen molar-refractivity contribution in [3.05, 3.63) is 11.4 Å². The number of ether oxygens (including phenoxy) is 1. The van der Waals surface area contributed by atoms with Crippen LogP contribution in [-0.2, 0) is 22.6 Å². The Balaban J connectivity index is 1.60. The molecule has 1 unspecified atom stereocenters. The molecular weight excluding hydrogens is 298 g/mol. The van der Waals surface area contributed by atoms with Crippen molar-refractivity contribution in [2.45, 2.75) is 38.9 Å². The first-order chi connectivity index (χ1) is 11.0. The van der Waals surface area contributed by atoms with Gasteiger partial charge in [0.25, 0.3) is 0 Å². The Bertz CT molecular complexity index is 559. The van der Waals surface area contributed by atoms with Gasteiger partial charge in [0.15, 0.2) is 0 Å². The normalized spacial score (nSPS) is 26.7. The summed E-state index contributed by atoms with van der Waals surface area (Å²) < 4.78 is 5.37. The van der Waals surface area contributed by atoms with E-state index in [-0.39, 0.29) is 0 Å². The van der Waals surface area contributed by atoms with Gasteiger partial charge in [0.1, 0.15) is 5.54 Å². The molecule has 0 radical (unpaired) electrons. The third-order valence-electron chi connectivity index (χ3n) is 4.95. The van der Waals surface area contributed by atoms with Crippen molar-refractivity contribution >= 4 is 5.97 Å². The number of hydrogen-bond donors (Lipinski definition) is 1. The van der Waals surface area contributed by atoms with Gasteiger partial charge in [-0.1, -0.05) is 0 Å². The molecule has 0 bridgehead atoms. The minimum absolute atomic E-state index is 0.298. The third kappa shape index (κ3) is 3.11. The van der Waals surface area contributed by atoms with Crippen LogP contribution in [0, 0.1) is 6.92 Å². The van der Waals surface area contributed by atoms with E-state index < -0.39 is 11.5 Å². The molecule has 23 heavy (non-hydrogen) atoms. The van der Waals surface area contributed by atoms with Crippen LogP contribution in [0.5, 0.6) is 0 Å². The quantitative estimate of drug-likeness (QED) is 0.814. The van der Waals surface area contributed by atoms with Crippen LogP contribution in [0.2, 0.25) is 0 Å². The monoisotopic (exact) mass is 323 g/mol. The zero-order valence-corrected chi connectivity index (χ0v) is 13.9. The molecule has 2 saturated heterocycles. The molecule has 1 atom stereocenters. The van der Waals surface area contributed by atoms with Crippen molar-refractivity contribution < 1.29 is 14.6 Å². The highest BCUT2D eigenvalue weighted by Gasteiger charge is 2.48. The maximum Gasteiger partial charge on any atom is 0.326 e. The van der Waals surface area contributed by atoms with Crippen LogP contribution in [-0.4, -0.2) is 80.8 Å². The Morgan fingerprint density at radius 3 is 2.57 bits per heavy atom. The second-order valence-electron chi connectivity index (χ2n) is 6.32. The lowest BCUT2D eigenvalue weighted by Gasteiger charge is -2.42. The fraction of sp³-hybridized carbons (Fsp3) is 0.800.